The Bertz CT molecular complexity index is 288. The molecule has 0 atom stereocenters. The molecule has 15 heavy (non-hydrogen) atoms. The molecule has 0 radical (unpaired) electrons. The minimum atomic E-state index is -5.17. The van der Waals surface area contributed by atoms with Crippen LogP contribution in [0.1, 0.15) is 0 Å². The summed E-state index contributed by atoms with van der Waals surface area (Å²) in [5.74, 6) is 0.202. The number of guanidine groups is 1. The van der Waals surface area contributed by atoms with Crippen molar-refractivity contribution in [1.29, 1.82) is 5.41 Å². The van der Waals surface area contributed by atoms with Gasteiger partial charge in [0.15, 0.2) is 5.96 Å². The second-order valence-electron chi connectivity index (χ2n) is 3.08. The van der Waals surface area contributed by atoms with Crippen molar-refractivity contribution in [3.63, 3.8) is 0 Å². The first-order valence-corrected chi connectivity index (χ1v) is 5.47. The molecule has 1 aliphatic rings. The average molecular weight is 238 g/mol. The highest BCUT2D eigenvalue weighted by Gasteiger charge is 2.13. The Morgan fingerprint density at radius 3 is 1.87 bits per heavy atom. The number of likely N-dealkylation sites (N-methyl/N-ethyl adjacent to an activating group) is 1. The maximum absolute atomic E-state index is 8.52. The molecule has 0 bridgehead atoms. The van der Waals surface area contributed by atoms with Crippen LogP contribution in [0.15, 0.2) is 0 Å². The van der Waals surface area contributed by atoms with Crippen molar-refractivity contribution in [1.82, 2.24) is 9.80 Å². The summed E-state index contributed by atoms with van der Waals surface area (Å²) >= 11 is 0. The van der Waals surface area contributed by atoms with Crippen LogP contribution >= 0.6 is 0 Å². The Kier molecular flexibility index (Phi) is 5.50. The molecule has 0 aromatic carbocycles. The number of nitrogens with one attached hydrogen (secondary N) is 1. The summed E-state index contributed by atoms with van der Waals surface area (Å²) in [6.07, 6.45) is 0. The maximum atomic E-state index is 8.52. The van der Waals surface area contributed by atoms with E-state index in [2.05, 4.69) is 11.9 Å². The molecule has 90 valence electrons. The lowest BCUT2D eigenvalue weighted by Gasteiger charge is -2.32. The van der Waals surface area contributed by atoms with Gasteiger partial charge < -0.3 is 24.6 Å². The molecule has 0 amide bonds. The first kappa shape index (κ1) is 14.1. The third-order valence-electron chi connectivity index (χ3n) is 1.84. The van der Waals surface area contributed by atoms with E-state index in [4.69, 9.17) is 28.7 Å². The largest absolute Gasteiger partial charge is 0.759 e. The highest BCUT2D eigenvalue weighted by atomic mass is 32.3. The summed E-state index contributed by atoms with van der Waals surface area (Å²) in [4.78, 5) is 4.12. The van der Waals surface area contributed by atoms with Crippen molar-refractivity contribution < 1.29 is 17.5 Å². The lowest BCUT2D eigenvalue weighted by atomic mass is 10.3. The van der Waals surface area contributed by atoms with E-state index in [0.29, 0.717) is 0 Å². The molecular formula is C6H14N4O4S-2. The van der Waals surface area contributed by atoms with Crippen molar-refractivity contribution in [3.05, 3.63) is 0 Å². The van der Waals surface area contributed by atoms with Gasteiger partial charge in [-0.1, -0.05) is 0 Å². The Balaban J connectivity index is 0.000000336. The monoisotopic (exact) mass is 238 g/mol. The van der Waals surface area contributed by atoms with Gasteiger partial charge in [-0.05, 0) is 7.05 Å². The summed E-state index contributed by atoms with van der Waals surface area (Å²) in [6, 6.07) is 0. The molecule has 1 saturated heterocycles. The van der Waals surface area contributed by atoms with Gasteiger partial charge in [-0.25, -0.2) is 0 Å². The standard InChI is InChI=1S/C6H14N4.H2O4S/c1-9-2-4-10(5-3-9)6(7)8;1-5(2,3)4/h2-5H2,1H3,(H3,7,8);(H2,1,2,3,4)/p-2. The molecule has 9 heteroatoms. The van der Waals surface area contributed by atoms with Crippen LogP contribution < -0.4 is 5.73 Å². The minimum Gasteiger partial charge on any atom is -0.759 e. The number of nitrogens with zero attached hydrogens (tertiary/aromatic N) is 2. The average Bonchev–Trinajstić information content (AvgIpc) is 2.01. The van der Waals surface area contributed by atoms with E-state index in [1.54, 1.807) is 0 Å². The van der Waals surface area contributed by atoms with Crippen molar-refractivity contribution in [2.24, 2.45) is 5.73 Å². The van der Waals surface area contributed by atoms with E-state index in [9.17, 15) is 0 Å². The molecule has 1 heterocycles. The van der Waals surface area contributed by atoms with Gasteiger partial charge in [0.2, 0.25) is 0 Å². The number of rotatable bonds is 0. The molecule has 1 fully saturated rings. The van der Waals surface area contributed by atoms with E-state index < -0.39 is 10.4 Å². The SMILES string of the molecule is CN1CCN(C(=N)N)CC1.O=S(=O)([O-])[O-]. The van der Waals surface area contributed by atoms with Crippen LogP contribution in [0.3, 0.4) is 0 Å². The zero-order valence-corrected chi connectivity index (χ0v) is 9.16. The maximum Gasteiger partial charge on any atom is 0.188 e. The molecule has 0 aliphatic carbocycles. The fourth-order valence-corrected chi connectivity index (χ4v) is 1.05. The predicted octanol–water partition coefficient (Wildman–Crippen LogP) is -2.21. The molecule has 1 rings (SSSR count). The van der Waals surface area contributed by atoms with Crippen LogP contribution in [0.5, 0.6) is 0 Å². The summed E-state index contributed by atoms with van der Waals surface area (Å²) in [6.45, 7) is 3.82. The number of piperazine rings is 1. The molecular weight excluding hydrogens is 224 g/mol. The first-order chi connectivity index (χ1) is 6.70. The highest BCUT2D eigenvalue weighted by Crippen LogP contribution is 1.96. The van der Waals surface area contributed by atoms with Gasteiger partial charge in [0.1, 0.15) is 0 Å². The molecule has 0 aromatic heterocycles. The summed E-state index contributed by atoms with van der Waals surface area (Å²) < 4.78 is 34.1. The normalized spacial score (nSPS) is 17.9. The van der Waals surface area contributed by atoms with Crippen molar-refractivity contribution >= 4 is 16.4 Å². The van der Waals surface area contributed by atoms with Crippen molar-refractivity contribution in [3.8, 4) is 0 Å². The highest BCUT2D eigenvalue weighted by molar-refractivity contribution is 7.79. The topological polar surface area (TPSA) is 137 Å². The van der Waals surface area contributed by atoms with Gasteiger partial charge in [-0.15, -0.1) is 0 Å². The Labute approximate surface area is 88.7 Å². The third-order valence-corrected chi connectivity index (χ3v) is 1.84. The minimum absolute atomic E-state index is 0.202. The quantitative estimate of drug-likeness (QED) is 0.211. The van der Waals surface area contributed by atoms with Crippen LogP contribution in [0.4, 0.5) is 0 Å². The van der Waals surface area contributed by atoms with Gasteiger partial charge in [0.25, 0.3) is 0 Å². The lowest BCUT2D eigenvalue weighted by Crippen LogP contribution is -2.49. The Hall–Kier alpha value is -0.900. The Morgan fingerprint density at radius 2 is 1.60 bits per heavy atom. The van der Waals surface area contributed by atoms with Crippen LogP contribution in [-0.2, 0) is 10.4 Å². The fourth-order valence-electron chi connectivity index (χ4n) is 1.05. The van der Waals surface area contributed by atoms with E-state index >= 15 is 0 Å². The fraction of sp³-hybridized carbons (Fsp3) is 0.833. The molecule has 0 aromatic rings. The summed E-state index contributed by atoms with van der Waals surface area (Å²) in [5, 5.41) is 7.14. The molecule has 8 nitrogen and oxygen atoms in total. The van der Waals surface area contributed by atoms with Crippen LogP contribution in [0.2, 0.25) is 0 Å². The van der Waals surface area contributed by atoms with E-state index in [-0.39, 0.29) is 5.96 Å². The van der Waals surface area contributed by atoms with Crippen LogP contribution in [-0.4, -0.2) is 66.5 Å². The summed E-state index contributed by atoms with van der Waals surface area (Å²) in [5.41, 5.74) is 5.30. The third kappa shape index (κ3) is 9.41. The smallest absolute Gasteiger partial charge is 0.188 e. The van der Waals surface area contributed by atoms with Crippen molar-refractivity contribution in [2.45, 2.75) is 0 Å². The number of hydrogen-bond donors (Lipinski definition) is 2. The van der Waals surface area contributed by atoms with Crippen molar-refractivity contribution in [2.75, 3.05) is 33.2 Å². The van der Waals surface area contributed by atoms with Gasteiger partial charge in [-0.2, -0.15) is 0 Å². The number of hydrogen-bond acceptors (Lipinski definition) is 6. The molecule has 0 unspecified atom stereocenters. The zero-order chi connectivity index (χ0) is 12.1. The Morgan fingerprint density at radius 1 is 1.27 bits per heavy atom. The van der Waals surface area contributed by atoms with E-state index in [0.717, 1.165) is 26.2 Å². The second kappa shape index (κ2) is 5.85. The number of nitrogens with two attached hydrogens (primary N) is 1. The van der Waals surface area contributed by atoms with Gasteiger partial charge in [0.05, 0.1) is 0 Å². The van der Waals surface area contributed by atoms with E-state index in [1.165, 1.54) is 0 Å². The first-order valence-electron chi connectivity index (χ1n) is 4.14. The van der Waals surface area contributed by atoms with Gasteiger partial charge in [-0.3, -0.25) is 13.8 Å². The molecule has 1 aliphatic heterocycles. The lowest BCUT2D eigenvalue weighted by molar-refractivity contribution is 0.213. The second-order valence-corrected chi connectivity index (χ2v) is 3.90. The van der Waals surface area contributed by atoms with Crippen LogP contribution in [0, 0.1) is 5.41 Å². The van der Waals surface area contributed by atoms with E-state index in [1.807, 2.05) is 4.90 Å². The summed E-state index contributed by atoms with van der Waals surface area (Å²) in [7, 11) is -3.09. The van der Waals surface area contributed by atoms with Gasteiger partial charge in [0, 0.05) is 36.6 Å². The van der Waals surface area contributed by atoms with Gasteiger partial charge >= 0.3 is 0 Å². The predicted molar refractivity (Wildman–Crippen MR) is 51.5 cm³/mol. The molecule has 3 N–H and O–H groups in total. The molecule has 0 saturated carbocycles. The molecule has 0 spiro atoms. The van der Waals surface area contributed by atoms with Crippen LogP contribution in [0.25, 0.3) is 0 Å². The zero-order valence-electron chi connectivity index (χ0n) is 8.34.